The molecule has 0 aliphatic carbocycles. The van der Waals surface area contributed by atoms with Gasteiger partial charge in [-0.05, 0) is 43.9 Å². The van der Waals surface area contributed by atoms with Gasteiger partial charge in [-0.1, -0.05) is 26.0 Å². The van der Waals surface area contributed by atoms with Crippen LogP contribution in [-0.2, 0) is 0 Å². The van der Waals surface area contributed by atoms with Crippen LogP contribution in [0.1, 0.15) is 56.0 Å². The minimum atomic E-state index is -0.268. The maximum absolute atomic E-state index is 12.1. The molecule has 3 heteroatoms. The molecule has 18 heavy (non-hydrogen) atoms. The van der Waals surface area contributed by atoms with Crippen LogP contribution in [0.4, 0.5) is 0 Å². The normalized spacial score (nSPS) is 11.7. The smallest absolute Gasteiger partial charge is 0.251 e. The fraction of sp³-hybridized carbons (Fsp3) is 0.533. The number of benzene rings is 1. The molecular weight excluding hydrogens is 246 g/mol. The SMILES string of the molecule is CC(C)c1ccc(C(=O)NC(C)(C)CCCl)cc1. The molecule has 100 valence electrons. The Morgan fingerprint density at radius 1 is 1.28 bits per heavy atom. The highest BCUT2D eigenvalue weighted by atomic mass is 35.5. The van der Waals surface area contributed by atoms with E-state index in [1.165, 1.54) is 5.56 Å². The summed E-state index contributed by atoms with van der Waals surface area (Å²) in [5, 5.41) is 3.00. The van der Waals surface area contributed by atoms with Crippen LogP contribution < -0.4 is 5.32 Å². The van der Waals surface area contributed by atoms with Gasteiger partial charge in [0.2, 0.25) is 0 Å². The van der Waals surface area contributed by atoms with Gasteiger partial charge in [-0.2, -0.15) is 0 Å². The van der Waals surface area contributed by atoms with E-state index in [-0.39, 0.29) is 11.4 Å². The van der Waals surface area contributed by atoms with Gasteiger partial charge < -0.3 is 5.32 Å². The van der Waals surface area contributed by atoms with Gasteiger partial charge in [-0.25, -0.2) is 0 Å². The van der Waals surface area contributed by atoms with E-state index >= 15 is 0 Å². The van der Waals surface area contributed by atoms with Gasteiger partial charge in [0.1, 0.15) is 0 Å². The highest BCUT2D eigenvalue weighted by Crippen LogP contribution is 2.16. The van der Waals surface area contributed by atoms with E-state index in [0.29, 0.717) is 17.4 Å². The summed E-state index contributed by atoms with van der Waals surface area (Å²) in [5.41, 5.74) is 1.67. The molecule has 0 aliphatic rings. The van der Waals surface area contributed by atoms with Crippen LogP contribution in [0.2, 0.25) is 0 Å². The third-order valence-corrected chi connectivity index (χ3v) is 3.20. The fourth-order valence-corrected chi connectivity index (χ4v) is 2.17. The summed E-state index contributed by atoms with van der Waals surface area (Å²) >= 11 is 5.72. The molecule has 1 N–H and O–H groups in total. The molecule has 1 aromatic carbocycles. The summed E-state index contributed by atoms with van der Waals surface area (Å²) in [6.07, 6.45) is 0.754. The molecule has 0 aliphatic heterocycles. The van der Waals surface area contributed by atoms with E-state index in [0.717, 1.165) is 6.42 Å². The summed E-state index contributed by atoms with van der Waals surface area (Å²) in [6, 6.07) is 7.77. The largest absolute Gasteiger partial charge is 0.347 e. The lowest BCUT2D eigenvalue weighted by atomic mass is 9.99. The quantitative estimate of drug-likeness (QED) is 0.804. The second-order valence-electron chi connectivity index (χ2n) is 5.55. The van der Waals surface area contributed by atoms with Crippen LogP contribution in [0, 0.1) is 0 Å². The minimum absolute atomic E-state index is 0.0413. The van der Waals surface area contributed by atoms with E-state index < -0.39 is 0 Å². The van der Waals surface area contributed by atoms with E-state index in [1.807, 2.05) is 38.1 Å². The number of amides is 1. The minimum Gasteiger partial charge on any atom is -0.347 e. The fourth-order valence-electron chi connectivity index (χ4n) is 1.70. The Morgan fingerprint density at radius 3 is 2.28 bits per heavy atom. The van der Waals surface area contributed by atoms with Crippen molar-refractivity contribution in [2.45, 2.75) is 45.6 Å². The monoisotopic (exact) mass is 267 g/mol. The molecule has 0 spiro atoms. The predicted molar refractivity (Wildman–Crippen MR) is 77.4 cm³/mol. The van der Waals surface area contributed by atoms with Gasteiger partial charge in [0.25, 0.3) is 5.91 Å². The highest BCUT2D eigenvalue weighted by Gasteiger charge is 2.20. The van der Waals surface area contributed by atoms with Crippen LogP contribution in [-0.4, -0.2) is 17.3 Å². The average molecular weight is 268 g/mol. The topological polar surface area (TPSA) is 29.1 Å². The molecule has 2 nitrogen and oxygen atoms in total. The van der Waals surface area contributed by atoms with Crippen molar-refractivity contribution in [3.8, 4) is 0 Å². The van der Waals surface area contributed by atoms with Gasteiger partial charge >= 0.3 is 0 Å². The summed E-state index contributed by atoms with van der Waals surface area (Å²) < 4.78 is 0. The van der Waals surface area contributed by atoms with E-state index in [4.69, 9.17) is 11.6 Å². The van der Waals surface area contributed by atoms with Crippen LogP contribution in [0.5, 0.6) is 0 Å². The first-order chi connectivity index (χ1) is 8.35. The molecule has 0 fully saturated rings. The second kappa shape index (κ2) is 6.24. The van der Waals surface area contributed by atoms with Crippen molar-refractivity contribution in [2.75, 3.05) is 5.88 Å². The standard InChI is InChI=1S/C15H22ClNO/c1-11(2)12-5-7-13(8-6-12)14(18)17-15(3,4)9-10-16/h5-8,11H,9-10H2,1-4H3,(H,17,18). The third-order valence-electron chi connectivity index (χ3n) is 3.01. The Bertz CT molecular complexity index is 395. The van der Waals surface area contributed by atoms with Gasteiger partial charge in [0.05, 0.1) is 0 Å². The van der Waals surface area contributed by atoms with Gasteiger partial charge in [-0.3, -0.25) is 4.79 Å². The summed E-state index contributed by atoms with van der Waals surface area (Å²) in [6.45, 7) is 8.24. The van der Waals surface area contributed by atoms with Crippen molar-refractivity contribution in [2.24, 2.45) is 0 Å². The molecule has 0 radical (unpaired) electrons. The zero-order valence-corrected chi connectivity index (χ0v) is 12.3. The molecule has 0 atom stereocenters. The van der Waals surface area contributed by atoms with E-state index in [2.05, 4.69) is 19.2 Å². The number of alkyl halides is 1. The number of nitrogens with one attached hydrogen (secondary N) is 1. The first-order valence-electron chi connectivity index (χ1n) is 6.34. The van der Waals surface area contributed by atoms with E-state index in [1.54, 1.807) is 0 Å². The molecule has 0 unspecified atom stereocenters. The van der Waals surface area contributed by atoms with E-state index in [9.17, 15) is 4.79 Å². The Morgan fingerprint density at radius 2 is 1.83 bits per heavy atom. The Hall–Kier alpha value is -1.02. The highest BCUT2D eigenvalue weighted by molar-refractivity contribution is 6.17. The van der Waals surface area contributed by atoms with Gasteiger partial charge in [-0.15, -0.1) is 11.6 Å². The Labute approximate surface area is 115 Å². The number of hydrogen-bond acceptors (Lipinski definition) is 1. The lowest BCUT2D eigenvalue weighted by Crippen LogP contribution is -2.43. The van der Waals surface area contributed by atoms with Crippen molar-refractivity contribution >= 4 is 17.5 Å². The maximum atomic E-state index is 12.1. The zero-order chi connectivity index (χ0) is 13.8. The van der Waals surface area contributed by atoms with Crippen molar-refractivity contribution in [3.63, 3.8) is 0 Å². The molecule has 0 aromatic heterocycles. The van der Waals surface area contributed by atoms with Crippen molar-refractivity contribution < 1.29 is 4.79 Å². The van der Waals surface area contributed by atoms with Crippen molar-refractivity contribution in [1.29, 1.82) is 0 Å². The van der Waals surface area contributed by atoms with Gasteiger partial charge in [0, 0.05) is 17.0 Å². The number of hydrogen-bond donors (Lipinski definition) is 1. The lowest BCUT2D eigenvalue weighted by molar-refractivity contribution is 0.0911. The number of halogens is 1. The molecule has 0 saturated carbocycles. The molecule has 0 bridgehead atoms. The molecule has 0 heterocycles. The summed E-state index contributed by atoms with van der Waals surface area (Å²) in [7, 11) is 0. The predicted octanol–water partition coefficient (Wildman–Crippen LogP) is 3.95. The van der Waals surface area contributed by atoms with Gasteiger partial charge in [0.15, 0.2) is 0 Å². The van der Waals surface area contributed by atoms with Crippen LogP contribution >= 0.6 is 11.6 Å². The number of carbonyl (C=O) groups is 1. The van der Waals surface area contributed by atoms with Crippen molar-refractivity contribution in [1.82, 2.24) is 5.32 Å². The molecule has 0 saturated heterocycles. The first-order valence-corrected chi connectivity index (χ1v) is 6.87. The second-order valence-corrected chi connectivity index (χ2v) is 5.93. The summed E-state index contributed by atoms with van der Waals surface area (Å²) in [4.78, 5) is 12.1. The first kappa shape index (κ1) is 15.0. The molecule has 1 rings (SSSR count). The third kappa shape index (κ3) is 4.34. The molecule has 1 aromatic rings. The maximum Gasteiger partial charge on any atom is 0.251 e. The Kier molecular flexibility index (Phi) is 5.21. The number of rotatable bonds is 5. The van der Waals surface area contributed by atoms with Crippen molar-refractivity contribution in [3.05, 3.63) is 35.4 Å². The number of carbonyl (C=O) groups excluding carboxylic acids is 1. The van der Waals surface area contributed by atoms with Crippen LogP contribution in [0.15, 0.2) is 24.3 Å². The zero-order valence-electron chi connectivity index (χ0n) is 11.6. The van der Waals surface area contributed by atoms with Crippen LogP contribution in [0.25, 0.3) is 0 Å². The lowest BCUT2D eigenvalue weighted by Gasteiger charge is -2.25. The summed E-state index contributed by atoms with van der Waals surface area (Å²) in [5.74, 6) is 0.981. The molecular formula is C15H22ClNO. The molecule has 1 amide bonds. The van der Waals surface area contributed by atoms with Crippen LogP contribution in [0.3, 0.4) is 0 Å². The average Bonchev–Trinajstić information content (AvgIpc) is 2.28. The Balaban J connectivity index is 2.73.